The van der Waals surface area contributed by atoms with E-state index in [1.165, 1.54) is 12.8 Å². The molecule has 0 bridgehead atoms. The van der Waals surface area contributed by atoms with E-state index in [-0.39, 0.29) is 0 Å². The number of unbranched alkanes of at least 4 members (excludes halogenated alkanes) is 1. The largest absolute Gasteiger partial charge is 0.389 e. The zero-order valence-electron chi connectivity index (χ0n) is 11.7. The van der Waals surface area contributed by atoms with Crippen LogP contribution in [0.4, 0.5) is 5.69 Å². The molecule has 0 spiro atoms. The first-order chi connectivity index (χ1) is 9.08. The van der Waals surface area contributed by atoms with Crippen molar-refractivity contribution < 1.29 is 0 Å². The van der Waals surface area contributed by atoms with Crippen LogP contribution < -0.4 is 11.1 Å². The summed E-state index contributed by atoms with van der Waals surface area (Å²) in [6.07, 6.45) is 5.89. The van der Waals surface area contributed by atoms with Gasteiger partial charge in [0.1, 0.15) is 4.99 Å². The van der Waals surface area contributed by atoms with E-state index in [1.54, 1.807) is 0 Å². The second-order valence-electron chi connectivity index (χ2n) is 4.83. The van der Waals surface area contributed by atoms with Crippen LogP contribution in [-0.4, -0.2) is 11.0 Å². The molecule has 0 aromatic heterocycles. The van der Waals surface area contributed by atoms with E-state index >= 15 is 0 Å². The molecule has 0 aliphatic carbocycles. The number of thiocarbonyl (C=S) groups is 1. The Morgan fingerprint density at radius 2 is 2.05 bits per heavy atom. The fraction of sp³-hybridized carbons (Fsp3) is 0.533. The third-order valence-electron chi connectivity index (χ3n) is 3.15. The summed E-state index contributed by atoms with van der Waals surface area (Å²) < 4.78 is 0. The third-order valence-corrected chi connectivity index (χ3v) is 3.60. The number of benzene rings is 1. The lowest BCUT2D eigenvalue weighted by Gasteiger charge is -2.21. The van der Waals surface area contributed by atoms with E-state index in [9.17, 15) is 0 Å². The van der Waals surface area contributed by atoms with Gasteiger partial charge in [0, 0.05) is 22.3 Å². The molecule has 0 radical (unpaired) electrons. The van der Waals surface area contributed by atoms with E-state index in [2.05, 4.69) is 19.2 Å². The average Bonchev–Trinajstić information content (AvgIpc) is 2.36. The molecule has 4 heteroatoms. The molecule has 1 aromatic carbocycles. The predicted molar refractivity (Wildman–Crippen MR) is 89.2 cm³/mol. The number of hydrogen-bond acceptors (Lipinski definition) is 2. The standard InChI is InChI=1S/C15H23ClN2S/c1-3-5-7-12(6-4-2)18-14-10-11(16)8-9-13(14)15(17)19/h8-10,12,18H,3-7H2,1-2H3,(H2,17,19). The minimum absolute atomic E-state index is 0.407. The molecule has 1 rings (SSSR count). The Balaban J connectivity index is 2.87. The van der Waals surface area contributed by atoms with E-state index < -0.39 is 0 Å². The van der Waals surface area contributed by atoms with Crippen LogP contribution in [0.5, 0.6) is 0 Å². The van der Waals surface area contributed by atoms with Crippen LogP contribution in [0.3, 0.4) is 0 Å². The van der Waals surface area contributed by atoms with Crippen LogP contribution in [0.15, 0.2) is 18.2 Å². The molecule has 19 heavy (non-hydrogen) atoms. The maximum atomic E-state index is 6.06. The minimum atomic E-state index is 0.407. The fourth-order valence-corrected chi connectivity index (χ4v) is 2.51. The number of hydrogen-bond donors (Lipinski definition) is 2. The lowest BCUT2D eigenvalue weighted by molar-refractivity contribution is 0.564. The Labute approximate surface area is 126 Å². The highest BCUT2D eigenvalue weighted by atomic mass is 35.5. The van der Waals surface area contributed by atoms with E-state index in [0.717, 1.165) is 30.5 Å². The molecule has 3 N–H and O–H groups in total. The van der Waals surface area contributed by atoms with E-state index in [0.29, 0.717) is 16.1 Å². The van der Waals surface area contributed by atoms with Gasteiger partial charge in [0.05, 0.1) is 0 Å². The minimum Gasteiger partial charge on any atom is -0.389 e. The number of nitrogens with two attached hydrogens (primary N) is 1. The quantitative estimate of drug-likeness (QED) is 0.681. The number of anilines is 1. The molecule has 106 valence electrons. The zero-order valence-corrected chi connectivity index (χ0v) is 13.3. The van der Waals surface area contributed by atoms with Crippen LogP contribution >= 0.6 is 23.8 Å². The lowest BCUT2D eigenvalue weighted by atomic mass is 10.0. The maximum Gasteiger partial charge on any atom is 0.106 e. The van der Waals surface area contributed by atoms with Gasteiger partial charge in [0.25, 0.3) is 0 Å². The van der Waals surface area contributed by atoms with Gasteiger partial charge < -0.3 is 11.1 Å². The molecule has 0 aliphatic rings. The van der Waals surface area contributed by atoms with Crippen molar-refractivity contribution in [2.45, 2.75) is 52.0 Å². The summed E-state index contributed by atoms with van der Waals surface area (Å²) in [6.45, 7) is 4.41. The molecule has 0 amide bonds. The Kier molecular flexibility index (Phi) is 7.17. The van der Waals surface area contributed by atoms with E-state index in [4.69, 9.17) is 29.6 Å². The summed E-state index contributed by atoms with van der Waals surface area (Å²) in [5.41, 5.74) is 7.59. The van der Waals surface area contributed by atoms with Crippen LogP contribution in [0.1, 0.15) is 51.5 Å². The molecule has 1 unspecified atom stereocenters. The van der Waals surface area contributed by atoms with Crippen molar-refractivity contribution in [3.8, 4) is 0 Å². The van der Waals surface area contributed by atoms with Crippen LogP contribution in [0, 0.1) is 0 Å². The van der Waals surface area contributed by atoms with Gasteiger partial charge in [-0.25, -0.2) is 0 Å². The summed E-state index contributed by atoms with van der Waals surface area (Å²) >= 11 is 11.2. The van der Waals surface area contributed by atoms with Gasteiger partial charge >= 0.3 is 0 Å². The first-order valence-electron chi connectivity index (χ1n) is 6.94. The molecular weight excluding hydrogens is 276 g/mol. The summed E-state index contributed by atoms with van der Waals surface area (Å²) in [5, 5.41) is 4.26. The van der Waals surface area contributed by atoms with Gasteiger partial charge in [-0.15, -0.1) is 0 Å². The molecule has 0 saturated carbocycles. The monoisotopic (exact) mass is 298 g/mol. The Hall–Kier alpha value is -0.800. The van der Waals surface area contributed by atoms with Gasteiger partial charge in [-0.2, -0.15) is 0 Å². The molecule has 2 nitrogen and oxygen atoms in total. The molecule has 0 heterocycles. The average molecular weight is 299 g/mol. The third kappa shape index (κ3) is 5.37. The van der Waals surface area contributed by atoms with Gasteiger partial charge in [-0.1, -0.05) is 56.9 Å². The number of nitrogens with one attached hydrogen (secondary N) is 1. The van der Waals surface area contributed by atoms with Crippen molar-refractivity contribution >= 4 is 34.5 Å². The van der Waals surface area contributed by atoms with Gasteiger partial charge in [-0.3, -0.25) is 0 Å². The summed E-state index contributed by atoms with van der Waals surface area (Å²) in [4.78, 5) is 0.407. The topological polar surface area (TPSA) is 38.0 Å². The van der Waals surface area contributed by atoms with Gasteiger partial charge in [0.15, 0.2) is 0 Å². The SMILES string of the molecule is CCCCC(CCC)Nc1cc(Cl)ccc1C(N)=S. The lowest BCUT2D eigenvalue weighted by Crippen LogP contribution is -2.22. The zero-order chi connectivity index (χ0) is 14.3. The predicted octanol–water partition coefficient (Wildman–Crippen LogP) is 4.75. The first kappa shape index (κ1) is 16.3. The normalized spacial score (nSPS) is 12.2. The number of rotatable bonds is 8. The summed E-state index contributed by atoms with van der Waals surface area (Å²) in [6, 6.07) is 6.07. The first-order valence-corrected chi connectivity index (χ1v) is 7.73. The van der Waals surface area contributed by atoms with Crippen LogP contribution in [0.2, 0.25) is 5.02 Å². The summed E-state index contributed by atoms with van der Waals surface area (Å²) in [7, 11) is 0. The highest BCUT2D eigenvalue weighted by molar-refractivity contribution is 7.80. The molecule has 1 atom stereocenters. The van der Waals surface area contributed by atoms with Crippen molar-refractivity contribution in [1.29, 1.82) is 0 Å². The Morgan fingerprint density at radius 3 is 2.63 bits per heavy atom. The molecule has 0 aliphatic heterocycles. The van der Waals surface area contributed by atoms with Gasteiger partial charge in [-0.05, 0) is 31.0 Å². The van der Waals surface area contributed by atoms with Crippen molar-refractivity contribution in [2.75, 3.05) is 5.32 Å². The van der Waals surface area contributed by atoms with Crippen LogP contribution in [-0.2, 0) is 0 Å². The fourth-order valence-electron chi connectivity index (χ4n) is 2.16. The highest BCUT2D eigenvalue weighted by Crippen LogP contribution is 2.23. The Bertz CT molecular complexity index is 421. The van der Waals surface area contributed by atoms with Crippen molar-refractivity contribution in [1.82, 2.24) is 0 Å². The Morgan fingerprint density at radius 1 is 1.32 bits per heavy atom. The van der Waals surface area contributed by atoms with Gasteiger partial charge in [0.2, 0.25) is 0 Å². The molecule has 0 saturated heterocycles. The highest BCUT2D eigenvalue weighted by Gasteiger charge is 2.11. The van der Waals surface area contributed by atoms with Crippen molar-refractivity contribution in [3.05, 3.63) is 28.8 Å². The smallest absolute Gasteiger partial charge is 0.106 e. The second-order valence-corrected chi connectivity index (χ2v) is 5.70. The van der Waals surface area contributed by atoms with Crippen molar-refractivity contribution in [2.24, 2.45) is 5.73 Å². The van der Waals surface area contributed by atoms with Crippen molar-refractivity contribution in [3.63, 3.8) is 0 Å². The summed E-state index contributed by atoms with van der Waals surface area (Å²) in [5.74, 6) is 0. The molecular formula is C15H23ClN2S. The maximum absolute atomic E-state index is 6.06. The van der Waals surface area contributed by atoms with E-state index in [1.807, 2.05) is 18.2 Å². The number of halogens is 1. The van der Waals surface area contributed by atoms with Crippen LogP contribution in [0.25, 0.3) is 0 Å². The molecule has 1 aromatic rings. The second kappa shape index (κ2) is 8.39. The molecule has 0 fully saturated rings.